The Morgan fingerprint density at radius 3 is 2.16 bits per heavy atom. The second-order valence-corrected chi connectivity index (χ2v) is 20.3. The lowest BCUT2D eigenvalue weighted by Gasteiger charge is -2.49. The van der Waals surface area contributed by atoms with E-state index in [1.807, 2.05) is 51.5 Å². The van der Waals surface area contributed by atoms with E-state index in [9.17, 15) is 29.7 Å². The number of thioether (sulfide) groups is 1. The fraction of sp³-hybridized carbons (Fsp3) is 0.933. The molecular weight excluding hydrogens is 839 g/mol. The molecule has 0 aromatic heterocycles. The molecule has 18 atom stereocenters. The molecule has 5 N–H and O–H groups in total. The number of rotatable bonds is 16. The average molecular weight is 922 g/mol. The highest BCUT2D eigenvalue weighted by Gasteiger charge is 2.54. The third-order valence-electron chi connectivity index (χ3n) is 13.5. The molecule has 0 saturated carbocycles. The van der Waals surface area contributed by atoms with Gasteiger partial charge in [-0.1, -0.05) is 27.7 Å². The molecule has 3 heterocycles. The fourth-order valence-electron chi connectivity index (χ4n) is 9.43. The molecule has 0 bridgehead atoms. The number of esters is 2. The summed E-state index contributed by atoms with van der Waals surface area (Å²) in [5, 5.41) is 41.0. The van der Waals surface area contributed by atoms with Crippen molar-refractivity contribution in [1.82, 2.24) is 15.5 Å². The Bertz CT molecular complexity index is 1450. The first-order valence-electron chi connectivity index (χ1n) is 22.9. The van der Waals surface area contributed by atoms with Crippen molar-refractivity contribution in [2.24, 2.45) is 17.8 Å². The van der Waals surface area contributed by atoms with Crippen LogP contribution in [0.4, 0.5) is 0 Å². The normalized spacial score (nSPS) is 42.5. The molecule has 0 radical (unpaired) electrons. The van der Waals surface area contributed by atoms with E-state index in [0.29, 0.717) is 13.0 Å². The molecule has 3 rings (SSSR count). The van der Waals surface area contributed by atoms with Gasteiger partial charge in [0, 0.05) is 57.4 Å². The zero-order valence-electron chi connectivity index (χ0n) is 40.7. The Labute approximate surface area is 381 Å². The van der Waals surface area contributed by atoms with Crippen molar-refractivity contribution in [3.63, 3.8) is 0 Å². The molecule has 0 unspecified atom stereocenters. The number of carbonyl (C=O) groups is 3. The average Bonchev–Trinajstić information content (AvgIpc) is 3.22. The van der Waals surface area contributed by atoms with Crippen molar-refractivity contribution in [1.29, 1.82) is 0 Å². The van der Waals surface area contributed by atoms with E-state index in [1.54, 1.807) is 41.5 Å². The van der Waals surface area contributed by atoms with Gasteiger partial charge in [0.25, 0.3) is 0 Å². The number of likely N-dealkylation sites (N-methyl/N-ethyl adjacent to an activating group) is 1. The number of nitrogens with zero attached hydrogens (tertiary/aromatic N) is 1. The summed E-state index contributed by atoms with van der Waals surface area (Å²) >= 11 is 1.82. The molecule has 63 heavy (non-hydrogen) atoms. The topological polar surface area (TPSA) is 213 Å². The van der Waals surface area contributed by atoms with Crippen molar-refractivity contribution in [3.8, 4) is 0 Å². The van der Waals surface area contributed by atoms with Crippen LogP contribution >= 0.6 is 11.8 Å². The van der Waals surface area contributed by atoms with Gasteiger partial charge >= 0.3 is 11.9 Å². The zero-order valence-corrected chi connectivity index (χ0v) is 41.5. The van der Waals surface area contributed by atoms with Crippen molar-refractivity contribution in [2.75, 3.05) is 52.9 Å². The Balaban J connectivity index is 2.12. The van der Waals surface area contributed by atoms with Crippen LogP contribution in [0.5, 0.6) is 0 Å². The maximum Gasteiger partial charge on any atom is 0.311 e. The first kappa shape index (κ1) is 55.6. The monoisotopic (exact) mass is 922 g/mol. The SMILES string of the molecule is CCSCCNCCC(=O)O[C@H]1[C@H](C)O[C@@H](O[C@H]2[C@H](C)[C@@H](O[C@@H]3O[C@H](C)C[C@H](N(C)C)[C@H]3O)[C@](C)(OC)C[C@@H](C)C(=O)N[C@H](C)[C@@H](O)[C@](C)(O)[C@@H](CC)OC(=O)[C@@H]2C)C[C@@]1(C)OC. The first-order valence-corrected chi connectivity index (χ1v) is 24.0. The predicted molar refractivity (Wildman–Crippen MR) is 239 cm³/mol. The van der Waals surface area contributed by atoms with Crippen LogP contribution in [0.25, 0.3) is 0 Å². The number of carbonyl (C=O) groups excluding carboxylic acids is 3. The van der Waals surface area contributed by atoms with Gasteiger partial charge in [0.15, 0.2) is 18.7 Å². The summed E-state index contributed by atoms with van der Waals surface area (Å²) in [6.07, 6.45) is -8.80. The Kier molecular flexibility index (Phi) is 21.5. The summed E-state index contributed by atoms with van der Waals surface area (Å²) in [5.74, 6) is -2.14. The molecule has 368 valence electrons. The first-order chi connectivity index (χ1) is 29.4. The molecule has 0 spiro atoms. The molecule has 0 aliphatic carbocycles. The van der Waals surface area contributed by atoms with Crippen molar-refractivity contribution in [2.45, 2.75) is 199 Å². The van der Waals surface area contributed by atoms with E-state index in [2.05, 4.69) is 17.6 Å². The number of aliphatic hydroxyl groups excluding tert-OH is 2. The summed E-state index contributed by atoms with van der Waals surface area (Å²) in [5.41, 5.74) is -4.34. The molecule has 1 amide bonds. The van der Waals surface area contributed by atoms with Gasteiger partial charge in [-0.15, -0.1) is 0 Å². The van der Waals surface area contributed by atoms with Crippen molar-refractivity contribution in [3.05, 3.63) is 0 Å². The van der Waals surface area contributed by atoms with Gasteiger partial charge in [-0.05, 0) is 87.6 Å². The van der Waals surface area contributed by atoms with Crippen LogP contribution < -0.4 is 10.6 Å². The van der Waals surface area contributed by atoms with Gasteiger partial charge in [0.1, 0.15) is 29.5 Å². The summed E-state index contributed by atoms with van der Waals surface area (Å²) in [4.78, 5) is 43.4. The molecule has 3 fully saturated rings. The molecule has 18 heteroatoms. The van der Waals surface area contributed by atoms with E-state index < -0.39 is 114 Å². The summed E-state index contributed by atoms with van der Waals surface area (Å²) in [6, 6.07) is -1.25. The van der Waals surface area contributed by atoms with Crippen LogP contribution in [0.2, 0.25) is 0 Å². The second-order valence-electron chi connectivity index (χ2n) is 18.9. The number of aliphatic hydroxyl groups is 3. The third-order valence-corrected chi connectivity index (χ3v) is 14.4. The lowest BCUT2D eigenvalue weighted by Crippen LogP contribution is -2.61. The molecule has 3 aliphatic heterocycles. The van der Waals surface area contributed by atoms with Crippen LogP contribution in [-0.2, 0) is 52.3 Å². The molecule has 3 aliphatic rings. The minimum Gasteiger partial charge on any atom is -0.459 e. The second kappa shape index (κ2) is 24.4. The minimum absolute atomic E-state index is 0.0845. The summed E-state index contributed by atoms with van der Waals surface area (Å²) < 4.78 is 51.0. The lowest BCUT2D eigenvalue weighted by atomic mass is 9.77. The number of methoxy groups -OCH3 is 2. The van der Waals surface area contributed by atoms with E-state index in [1.165, 1.54) is 21.1 Å². The quantitative estimate of drug-likeness (QED) is 0.111. The van der Waals surface area contributed by atoms with Gasteiger partial charge in [-0.25, -0.2) is 0 Å². The van der Waals surface area contributed by atoms with Crippen LogP contribution in [0.15, 0.2) is 0 Å². The zero-order chi connectivity index (χ0) is 47.6. The highest BCUT2D eigenvalue weighted by atomic mass is 32.2. The predicted octanol–water partition coefficient (Wildman–Crippen LogP) is 3.02. The van der Waals surface area contributed by atoms with E-state index in [4.69, 9.17) is 37.9 Å². The molecule has 17 nitrogen and oxygen atoms in total. The molecule has 0 aromatic rings. The van der Waals surface area contributed by atoms with Gasteiger partial charge in [0.2, 0.25) is 5.91 Å². The van der Waals surface area contributed by atoms with Gasteiger partial charge in [0.05, 0.1) is 48.4 Å². The van der Waals surface area contributed by atoms with Crippen LogP contribution in [0, 0.1) is 17.8 Å². The number of hydrogen-bond acceptors (Lipinski definition) is 17. The Morgan fingerprint density at radius 1 is 0.937 bits per heavy atom. The Morgan fingerprint density at radius 2 is 1.57 bits per heavy atom. The van der Waals surface area contributed by atoms with Gasteiger partial charge < -0.3 is 68.7 Å². The van der Waals surface area contributed by atoms with Gasteiger partial charge in [-0.3, -0.25) is 14.4 Å². The molecule has 3 saturated heterocycles. The smallest absolute Gasteiger partial charge is 0.311 e. The summed E-state index contributed by atoms with van der Waals surface area (Å²) in [6.45, 7) is 20.5. The van der Waals surface area contributed by atoms with Crippen molar-refractivity contribution < 1.29 is 67.6 Å². The largest absolute Gasteiger partial charge is 0.459 e. The van der Waals surface area contributed by atoms with E-state index in [-0.39, 0.29) is 37.8 Å². The highest BCUT2D eigenvalue weighted by molar-refractivity contribution is 7.99. The number of ether oxygens (including phenoxy) is 8. The Hall–Kier alpha value is -1.68. The number of cyclic esters (lactones) is 1. The number of amides is 1. The standard InChI is InChI=1S/C45H83N3O14S/c1-16-32-45(11,54)37(51)29(7)47-40(52)25(3)23-43(9,55-14)38(62-42-35(50)31(48(12)13)22-26(4)57-42)27(5)36(28(6)41(53)59-32)61-34-24-44(10,56-15)39(30(8)58-34)60-33(49)18-19-46-20-21-63-17-2/h25-32,34-39,42,46,50-51,54H,16-24H2,1-15H3,(H,47,52)/t25-,26-,27+,28-,29-,30+,31+,32-,34+,35-,36+,37-,38-,39+,42+,43-,44-,45-/m1/s1. The van der Waals surface area contributed by atoms with Gasteiger partial charge in [-0.2, -0.15) is 11.8 Å². The number of nitrogens with one attached hydrogen (secondary N) is 2. The van der Waals surface area contributed by atoms with E-state index >= 15 is 0 Å². The maximum atomic E-state index is 14.5. The maximum absolute atomic E-state index is 14.5. The number of hydrogen-bond donors (Lipinski definition) is 5. The van der Waals surface area contributed by atoms with Crippen molar-refractivity contribution >= 4 is 29.6 Å². The van der Waals surface area contributed by atoms with Crippen LogP contribution in [0.3, 0.4) is 0 Å². The highest BCUT2D eigenvalue weighted by Crippen LogP contribution is 2.41. The van der Waals surface area contributed by atoms with E-state index in [0.717, 1.165) is 18.1 Å². The third kappa shape index (κ3) is 14.2. The minimum atomic E-state index is -1.97. The lowest BCUT2D eigenvalue weighted by molar-refractivity contribution is -0.320. The van der Waals surface area contributed by atoms with Crippen LogP contribution in [-0.4, -0.2) is 181 Å². The fourth-order valence-corrected chi connectivity index (χ4v) is 10.0. The van der Waals surface area contributed by atoms with Crippen LogP contribution in [0.1, 0.15) is 108 Å². The summed E-state index contributed by atoms with van der Waals surface area (Å²) in [7, 11) is 6.79. The molecule has 0 aromatic carbocycles. The molecular formula is C45H83N3O14S.